The van der Waals surface area contributed by atoms with Crippen LogP contribution in [0.15, 0.2) is 22.7 Å². The Labute approximate surface area is 130 Å². The number of aromatic nitrogens is 2. The predicted octanol–water partition coefficient (Wildman–Crippen LogP) is 3.74. The second-order valence-electron chi connectivity index (χ2n) is 5.59. The quantitative estimate of drug-likeness (QED) is 0.853. The van der Waals surface area contributed by atoms with E-state index in [1.807, 2.05) is 25.3 Å². The average Bonchev–Trinajstić information content (AvgIpc) is 3.17. The Balaban J connectivity index is 1.65. The van der Waals surface area contributed by atoms with E-state index in [-0.39, 0.29) is 0 Å². The van der Waals surface area contributed by atoms with E-state index in [1.165, 1.54) is 30.6 Å². The summed E-state index contributed by atoms with van der Waals surface area (Å²) in [4.78, 5) is 0. The Morgan fingerprint density at radius 3 is 3.10 bits per heavy atom. The van der Waals surface area contributed by atoms with Gasteiger partial charge in [-0.2, -0.15) is 16.9 Å². The van der Waals surface area contributed by atoms with Crippen LogP contribution in [-0.2, 0) is 6.54 Å². The number of H-pyrrole nitrogens is 1. The largest absolute Gasteiger partial charge is 0.460 e. The maximum Gasteiger partial charge on any atom is 0.152 e. The number of nitrogens with zero attached hydrogens (tertiary/aromatic N) is 1. The lowest BCUT2D eigenvalue weighted by Crippen LogP contribution is -2.33. The minimum absolute atomic E-state index is 0.621. The van der Waals surface area contributed by atoms with E-state index in [0.29, 0.717) is 6.04 Å². The van der Waals surface area contributed by atoms with Gasteiger partial charge in [-0.15, -0.1) is 0 Å². The van der Waals surface area contributed by atoms with Crippen molar-refractivity contribution in [2.45, 2.75) is 50.9 Å². The zero-order chi connectivity index (χ0) is 14.7. The fraction of sp³-hybridized carbons (Fsp3) is 0.562. The molecule has 114 valence electrons. The summed E-state index contributed by atoms with van der Waals surface area (Å²) in [5.74, 6) is 2.99. The molecule has 5 heteroatoms. The van der Waals surface area contributed by atoms with Gasteiger partial charge in [0.1, 0.15) is 11.5 Å². The SMILES string of the molecule is CCSC1CCCC1NCc1cn[nH]c1-c1ccc(C)o1. The maximum absolute atomic E-state index is 5.70. The van der Waals surface area contributed by atoms with E-state index in [1.54, 1.807) is 0 Å². The molecular formula is C16H23N3OS. The van der Waals surface area contributed by atoms with E-state index in [0.717, 1.165) is 29.0 Å². The molecule has 2 aromatic rings. The van der Waals surface area contributed by atoms with Gasteiger partial charge in [0, 0.05) is 23.4 Å². The van der Waals surface area contributed by atoms with Crippen molar-refractivity contribution in [1.82, 2.24) is 15.5 Å². The molecule has 4 nitrogen and oxygen atoms in total. The third kappa shape index (κ3) is 3.35. The summed E-state index contributed by atoms with van der Waals surface area (Å²) in [6.45, 7) is 5.05. The molecule has 1 aliphatic rings. The Bertz CT molecular complexity index is 578. The fourth-order valence-electron chi connectivity index (χ4n) is 3.04. The van der Waals surface area contributed by atoms with Crippen LogP contribution in [0.4, 0.5) is 0 Å². The molecule has 2 unspecified atom stereocenters. The van der Waals surface area contributed by atoms with Crippen molar-refractivity contribution in [1.29, 1.82) is 0 Å². The molecule has 1 aliphatic carbocycles. The van der Waals surface area contributed by atoms with Crippen molar-refractivity contribution in [3.05, 3.63) is 29.7 Å². The molecule has 0 amide bonds. The molecular weight excluding hydrogens is 282 g/mol. The molecule has 0 spiro atoms. The summed E-state index contributed by atoms with van der Waals surface area (Å²) in [5.41, 5.74) is 2.17. The number of furan rings is 1. The van der Waals surface area contributed by atoms with Crippen LogP contribution in [-0.4, -0.2) is 27.2 Å². The highest BCUT2D eigenvalue weighted by Crippen LogP contribution is 2.30. The van der Waals surface area contributed by atoms with Crippen molar-refractivity contribution >= 4 is 11.8 Å². The molecule has 0 saturated heterocycles. The third-order valence-electron chi connectivity index (χ3n) is 4.09. The Morgan fingerprint density at radius 1 is 1.43 bits per heavy atom. The number of nitrogens with one attached hydrogen (secondary N) is 2. The van der Waals surface area contributed by atoms with Crippen molar-refractivity contribution in [2.24, 2.45) is 0 Å². The Kier molecular flexibility index (Phi) is 4.70. The van der Waals surface area contributed by atoms with Gasteiger partial charge in [-0.25, -0.2) is 0 Å². The summed E-state index contributed by atoms with van der Waals surface area (Å²) in [7, 11) is 0. The molecule has 0 aliphatic heterocycles. The van der Waals surface area contributed by atoms with E-state index in [9.17, 15) is 0 Å². The van der Waals surface area contributed by atoms with Crippen LogP contribution in [0.25, 0.3) is 11.5 Å². The van der Waals surface area contributed by atoms with Gasteiger partial charge in [0.25, 0.3) is 0 Å². The number of rotatable bonds is 6. The molecule has 2 aromatic heterocycles. The van der Waals surface area contributed by atoms with Gasteiger partial charge in [0.15, 0.2) is 5.76 Å². The van der Waals surface area contributed by atoms with Gasteiger partial charge in [0.2, 0.25) is 0 Å². The number of aryl methyl sites for hydroxylation is 1. The molecule has 0 radical (unpaired) electrons. The normalized spacial score (nSPS) is 22.0. The summed E-state index contributed by atoms with van der Waals surface area (Å²) in [5, 5.41) is 11.7. The summed E-state index contributed by atoms with van der Waals surface area (Å²) >= 11 is 2.08. The van der Waals surface area contributed by atoms with Gasteiger partial charge in [0.05, 0.1) is 6.20 Å². The molecule has 0 bridgehead atoms. The monoisotopic (exact) mass is 305 g/mol. The van der Waals surface area contributed by atoms with Crippen LogP contribution >= 0.6 is 11.8 Å². The number of aromatic amines is 1. The minimum atomic E-state index is 0.621. The highest BCUT2D eigenvalue weighted by molar-refractivity contribution is 7.99. The lowest BCUT2D eigenvalue weighted by Gasteiger charge is -2.20. The smallest absolute Gasteiger partial charge is 0.152 e. The van der Waals surface area contributed by atoms with Crippen LogP contribution in [0.2, 0.25) is 0 Å². The summed E-state index contributed by atoms with van der Waals surface area (Å²) in [6.07, 6.45) is 5.86. The highest BCUT2D eigenvalue weighted by Gasteiger charge is 2.26. The zero-order valence-corrected chi connectivity index (χ0v) is 13.5. The molecule has 21 heavy (non-hydrogen) atoms. The lowest BCUT2D eigenvalue weighted by atomic mass is 10.2. The highest BCUT2D eigenvalue weighted by atomic mass is 32.2. The van der Waals surface area contributed by atoms with E-state index >= 15 is 0 Å². The predicted molar refractivity (Wildman–Crippen MR) is 87.4 cm³/mol. The van der Waals surface area contributed by atoms with Gasteiger partial charge >= 0.3 is 0 Å². The topological polar surface area (TPSA) is 53.9 Å². The first kappa shape index (κ1) is 14.7. The molecule has 0 aromatic carbocycles. The Morgan fingerprint density at radius 2 is 2.33 bits per heavy atom. The van der Waals surface area contributed by atoms with Crippen LogP contribution in [0.1, 0.15) is 37.5 Å². The van der Waals surface area contributed by atoms with Crippen LogP contribution in [0.3, 0.4) is 0 Å². The van der Waals surface area contributed by atoms with Gasteiger partial charge in [-0.3, -0.25) is 5.10 Å². The first-order chi connectivity index (χ1) is 10.3. The second-order valence-corrected chi connectivity index (χ2v) is 7.11. The van der Waals surface area contributed by atoms with E-state index in [2.05, 4.69) is 34.2 Å². The van der Waals surface area contributed by atoms with Crippen LogP contribution in [0, 0.1) is 6.92 Å². The number of thioether (sulfide) groups is 1. The second kappa shape index (κ2) is 6.71. The average molecular weight is 305 g/mol. The third-order valence-corrected chi connectivity index (χ3v) is 5.42. The van der Waals surface area contributed by atoms with Crippen molar-refractivity contribution < 1.29 is 4.42 Å². The van der Waals surface area contributed by atoms with Crippen molar-refractivity contribution in [3.8, 4) is 11.5 Å². The maximum atomic E-state index is 5.70. The number of hydrogen-bond acceptors (Lipinski definition) is 4. The molecule has 3 rings (SSSR count). The van der Waals surface area contributed by atoms with E-state index < -0.39 is 0 Å². The van der Waals surface area contributed by atoms with Gasteiger partial charge in [-0.05, 0) is 37.7 Å². The molecule has 1 saturated carbocycles. The standard InChI is InChI=1S/C16H23N3OS/c1-3-21-15-6-4-5-13(15)17-9-12-10-18-19-16(12)14-8-7-11(2)20-14/h7-8,10,13,15,17H,3-6,9H2,1-2H3,(H,18,19). The fourth-order valence-corrected chi connectivity index (χ4v) is 4.27. The molecule has 2 N–H and O–H groups in total. The summed E-state index contributed by atoms with van der Waals surface area (Å²) < 4.78 is 5.70. The van der Waals surface area contributed by atoms with Crippen LogP contribution < -0.4 is 5.32 Å². The summed E-state index contributed by atoms with van der Waals surface area (Å²) in [6, 6.07) is 4.60. The number of hydrogen-bond donors (Lipinski definition) is 2. The van der Waals surface area contributed by atoms with Gasteiger partial charge in [-0.1, -0.05) is 13.3 Å². The Hall–Kier alpha value is -1.20. The van der Waals surface area contributed by atoms with Crippen molar-refractivity contribution in [2.75, 3.05) is 5.75 Å². The van der Waals surface area contributed by atoms with Crippen LogP contribution in [0.5, 0.6) is 0 Å². The first-order valence-electron chi connectivity index (χ1n) is 7.72. The molecule has 2 heterocycles. The zero-order valence-electron chi connectivity index (χ0n) is 12.7. The van der Waals surface area contributed by atoms with E-state index in [4.69, 9.17) is 4.42 Å². The first-order valence-corrected chi connectivity index (χ1v) is 8.77. The van der Waals surface area contributed by atoms with Gasteiger partial charge < -0.3 is 9.73 Å². The lowest BCUT2D eigenvalue weighted by molar-refractivity contribution is 0.528. The molecule has 1 fully saturated rings. The molecule has 2 atom stereocenters. The van der Waals surface area contributed by atoms with Crippen molar-refractivity contribution in [3.63, 3.8) is 0 Å². The minimum Gasteiger partial charge on any atom is -0.460 e.